The van der Waals surface area contributed by atoms with Gasteiger partial charge in [0, 0.05) is 13.1 Å². The van der Waals surface area contributed by atoms with E-state index in [2.05, 4.69) is 25.1 Å². The van der Waals surface area contributed by atoms with Gasteiger partial charge >= 0.3 is 6.03 Å². The number of hydrogen-bond donors (Lipinski definition) is 1. The lowest BCUT2D eigenvalue weighted by Gasteiger charge is -2.18. The van der Waals surface area contributed by atoms with Crippen LogP contribution < -0.4 is 5.32 Å². The van der Waals surface area contributed by atoms with Crippen molar-refractivity contribution < 1.29 is 4.79 Å². The highest BCUT2D eigenvalue weighted by Gasteiger charge is 2.06. The monoisotopic (exact) mass is 166 g/mol. The van der Waals surface area contributed by atoms with Gasteiger partial charge in [0.1, 0.15) is 0 Å². The molecule has 1 N–H and O–H groups in total. The maximum atomic E-state index is 11.2. The van der Waals surface area contributed by atoms with Crippen LogP contribution in [0.5, 0.6) is 0 Å². The zero-order valence-corrected chi connectivity index (χ0v) is 7.12. The minimum Gasteiger partial charge on any atom is -0.317 e. The smallest absolute Gasteiger partial charge is 0.317 e. The molecule has 0 aliphatic heterocycles. The minimum absolute atomic E-state index is 0.190. The number of amides is 2. The molecule has 0 unspecified atom stereocenters. The number of hydrogen-bond acceptors (Lipinski definition) is 1. The van der Waals surface area contributed by atoms with Crippen molar-refractivity contribution >= 4 is 6.03 Å². The van der Waals surface area contributed by atoms with Gasteiger partial charge in [-0.15, -0.1) is 13.2 Å². The predicted molar refractivity (Wildman–Crippen MR) is 50.7 cm³/mol. The summed E-state index contributed by atoms with van der Waals surface area (Å²) < 4.78 is 0. The number of rotatable bonds is 5. The second-order valence-corrected chi connectivity index (χ2v) is 2.14. The fraction of sp³-hybridized carbons (Fsp3) is 0.222. The molecule has 0 rings (SSSR count). The summed E-state index contributed by atoms with van der Waals surface area (Å²) >= 11 is 0. The molecule has 0 aromatic rings. The van der Waals surface area contributed by atoms with E-state index in [9.17, 15) is 4.79 Å². The molecule has 0 heterocycles. The van der Waals surface area contributed by atoms with E-state index in [4.69, 9.17) is 0 Å². The number of nitrogens with one attached hydrogen (secondary N) is 1. The van der Waals surface area contributed by atoms with Crippen molar-refractivity contribution in [1.82, 2.24) is 10.2 Å². The lowest BCUT2D eigenvalue weighted by molar-refractivity contribution is 0.212. The van der Waals surface area contributed by atoms with E-state index in [1.807, 2.05) is 0 Å². The highest BCUT2D eigenvalue weighted by molar-refractivity contribution is 5.75. The fourth-order valence-electron chi connectivity index (χ4n) is 0.731. The minimum atomic E-state index is -0.190. The molecule has 3 heteroatoms. The third-order valence-corrected chi connectivity index (χ3v) is 1.21. The van der Waals surface area contributed by atoms with Crippen molar-refractivity contribution in [2.24, 2.45) is 0 Å². The van der Waals surface area contributed by atoms with Gasteiger partial charge in [-0.05, 0) is 6.20 Å². The summed E-state index contributed by atoms with van der Waals surface area (Å²) in [6.07, 6.45) is 4.67. The fourth-order valence-corrected chi connectivity index (χ4v) is 0.731. The van der Waals surface area contributed by atoms with Crippen LogP contribution in [0, 0.1) is 0 Å². The zero-order valence-electron chi connectivity index (χ0n) is 7.12. The van der Waals surface area contributed by atoms with Gasteiger partial charge in [-0.3, -0.25) is 0 Å². The molecule has 3 nitrogen and oxygen atoms in total. The van der Waals surface area contributed by atoms with Gasteiger partial charge in [-0.25, -0.2) is 4.79 Å². The molecule has 0 aromatic heterocycles. The normalized spacial score (nSPS) is 8.33. The van der Waals surface area contributed by atoms with Crippen molar-refractivity contribution in [3.8, 4) is 0 Å². The van der Waals surface area contributed by atoms with E-state index >= 15 is 0 Å². The quantitative estimate of drug-likeness (QED) is 0.617. The standard InChI is InChI=1S/C9H14N2O/c1-4-7-11(8-5-2)9(12)10-6-3/h4-6H,1-3,7-8H2,(H,10,12). The molecule has 0 saturated carbocycles. The van der Waals surface area contributed by atoms with Crippen molar-refractivity contribution in [2.45, 2.75) is 0 Å². The summed E-state index contributed by atoms with van der Waals surface area (Å²) in [7, 11) is 0. The molecule has 0 saturated heterocycles. The first-order valence-electron chi connectivity index (χ1n) is 3.64. The molecule has 0 spiro atoms. The van der Waals surface area contributed by atoms with Gasteiger partial charge in [0.2, 0.25) is 0 Å². The molecule has 66 valence electrons. The average molecular weight is 166 g/mol. The third-order valence-electron chi connectivity index (χ3n) is 1.21. The van der Waals surface area contributed by atoms with E-state index in [-0.39, 0.29) is 6.03 Å². The SMILES string of the molecule is C=CCN(CC=C)C(=O)NC=C. The molecule has 0 radical (unpaired) electrons. The summed E-state index contributed by atoms with van der Waals surface area (Å²) in [4.78, 5) is 12.7. The Morgan fingerprint density at radius 3 is 2.08 bits per heavy atom. The maximum absolute atomic E-state index is 11.2. The lowest BCUT2D eigenvalue weighted by atomic mass is 10.5. The van der Waals surface area contributed by atoms with Crippen LogP contribution >= 0.6 is 0 Å². The van der Waals surface area contributed by atoms with Crippen LogP contribution in [0.2, 0.25) is 0 Å². The highest BCUT2D eigenvalue weighted by Crippen LogP contribution is 1.89. The van der Waals surface area contributed by atoms with Gasteiger partial charge < -0.3 is 10.2 Å². The van der Waals surface area contributed by atoms with Crippen molar-refractivity contribution in [3.05, 3.63) is 38.1 Å². The molecule has 0 aliphatic carbocycles. The van der Waals surface area contributed by atoms with E-state index in [1.165, 1.54) is 6.20 Å². The topological polar surface area (TPSA) is 32.3 Å². The Balaban J connectivity index is 4.06. The summed E-state index contributed by atoms with van der Waals surface area (Å²) in [6, 6.07) is -0.190. The van der Waals surface area contributed by atoms with Gasteiger partial charge in [0.25, 0.3) is 0 Å². The first-order chi connectivity index (χ1) is 5.76. The predicted octanol–water partition coefficient (Wildman–Crippen LogP) is 1.51. The van der Waals surface area contributed by atoms with Crippen molar-refractivity contribution in [3.63, 3.8) is 0 Å². The molecule has 12 heavy (non-hydrogen) atoms. The van der Waals surface area contributed by atoms with Crippen LogP contribution in [0.1, 0.15) is 0 Å². The third kappa shape index (κ3) is 3.61. The molecular weight excluding hydrogens is 152 g/mol. The second kappa shape index (κ2) is 6.22. The Hall–Kier alpha value is -1.51. The molecule has 0 fully saturated rings. The Morgan fingerprint density at radius 2 is 1.75 bits per heavy atom. The first-order valence-corrected chi connectivity index (χ1v) is 3.64. The van der Waals surface area contributed by atoms with Gasteiger partial charge in [-0.2, -0.15) is 0 Å². The molecule has 0 aliphatic rings. The lowest BCUT2D eigenvalue weighted by Crippen LogP contribution is -2.37. The Kier molecular flexibility index (Phi) is 5.43. The number of carbonyl (C=O) groups is 1. The Morgan fingerprint density at radius 1 is 1.25 bits per heavy atom. The number of urea groups is 1. The van der Waals surface area contributed by atoms with Crippen LogP contribution in [-0.4, -0.2) is 24.0 Å². The van der Waals surface area contributed by atoms with Crippen LogP contribution in [0.4, 0.5) is 4.79 Å². The molecule has 0 aromatic carbocycles. The molecular formula is C9H14N2O. The summed E-state index contributed by atoms with van der Waals surface area (Å²) in [6.45, 7) is 11.5. The van der Waals surface area contributed by atoms with Crippen LogP contribution in [0.15, 0.2) is 38.1 Å². The van der Waals surface area contributed by atoms with Crippen molar-refractivity contribution in [2.75, 3.05) is 13.1 Å². The summed E-state index contributed by atoms with van der Waals surface area (Å²) in [5.41, 5.74) is 0. The molecule has 2 amide bonds. The van der Waals surface area contributed by atoms with Crippen LogP contribution in [-0.2, 0) is 0 Å². The highest BCUT2D eigenvalue weighted by atomic mass is 16.2. The van der Waals surface area contributed by atoms with Crippen molar-refractivity contribution in [1.29, 1.82) is 0 Å². The second-order valence-electron chi connectivity index (χ2n) is 2.14. The van der Waals surface area contributed by atoms with Gasteiger partial charge in [0.15, 0.2) is 0 Å². The Bertz CT molecular complexity index is 177. The number of carbonyl (C=O) groups excluding carboxylic acids is 1. The van der Waals surface area contributed by atoms with Gasteiger partial charge in [0.05, 0.1) is 0 Å². The van der Waals surface area contributed by atoms with Crippen LogP contribution in [0.25, 0.3) is 0 Å². The molecule has 0 atom stereocenters. The first kappa shape index (κ1) is 10.5. The van der Waals surface area contributed by atoms with E-state index < -0.39 is 0 Å². The maximum Gasteiger partial charge on any atom is 0.321 e. The summed E-state index contributed by atoms with van der Waals surface area (Å²) in [5, 5.41) is 2.47. The summed E-state index contributed by atoms with van der Waals surface area (Å²) in [5.74, 6) is 0. The average Bonchev–Trinajstić information content (AvgIpc) is 2.04. The van der Waals surface area contributed by atoms with E-state index in [1.54, 1.807) is 17.1 Å². The Labute approximate surface area is 73.1 Å². The number of nitrogens with zero attached hydrogens (tertiary/aromatic N) is 1. The van der Waals surface area contributed by atoms with Gasteiger partial charge in [-0.1, -0.05) is 18.7 Å². The van der Waals surface area contributed by atoms with Crippen LogP contribution in [0.3, 0.4) is 0 Å². The zero-order chi connectivity index (χ0) is 9.40. The van der Waals surface area contributed by atoms with E-state index in [0.29, 0.717) is 13.1 Å². The molecule has 0 bridgehead atoms. The largest absolute Gasteiger partial charge is 0.321 e. The van der Waals surface area contributed by atoms with E-state index in [0.717, 1.165) is 0 Å².